The maximum Gasteiger partial charge on any atom is 0.252 e. The number of aliphatic imine (C=N–C) groups is 1. The van der Waals surface area contributed by atoms with Crippen molar-refractivity contribution >= 4 is 50.0 Å². The van der Waals surface area contributed by atoms with Crippen LogP contribution < -0.4 is 14.4 Å². The maximum atomic E-state index is 12.7. The van der Waals surface area contributed by atoms with E-state index in [2.05, 4.69) is 4.99 Å². The third-order valence-electron chi connectivity index (χ3n) is 5.20. The fourth-order valence-electron chi connectivity index (χ4n) is 3.75. The number of halogens is 1. The number of amidine groups is 1. The first-order chi connectivity index (χ1) is 14.8. The molecule has 2 heterocycles. The van der Waals surface area contributed by atoms with E-state index in [1.807, 2.05) is 0 Å². The molecule has 2 atom stereocenters. The summed E-state index contributed by atoms with van der Waals surface area (Å²) in [4.78, 5) is 18.9. The average Bonchev–Trinajstić information content (AvgIpc) is 3.19. The summed E-state index contributed by atoms with van der Waals surface area (Å²) >= 11 is 7.23. The first-order valence-electron chi connectivity index (χ1n) is 9.54. The Balaban J connectivity index is 1.70. The smallest absolute Gasteiger partial charge is 0.252 e. The van der Waals surface area contributed by atoms with Gasteiger partial charge in [-0.1, -0.05) is 35.5 Å². The second-order valence-electron chi connectivity index (χ2n) is 7.30. The lowest BCUT2D eigenvalue weighted by Gasteiger charge is -2.26. The van der Waals surface area contributed by atoms with E-state index in [4.69, 9.17) is 21.1 Å². The zero-order chi connectivity index (χ0) is 22.2. The molecule has 31 heavy (non-hydrogen) atoms. The van der Waals surface area contributed by atoms with Gasteiger partial charge in [0, 0.05) is 16.3 Å². The lowest BCUT2D eigenvalue weighted by Crippen LogP contribution is -2.38. The van der Waals surface area contributed by atoms with Gasteiger partial charge in [0.1, 0.15) is 11.5 Å². The Morgan fingerprint density at radius 2 is 1.90 bits per heavy atom. The monoisotopic (exact) mass is 480 g/mol. The molecule has 0 spiro atoms. The number of carbonyl (C=O) groups is 1. The van der Waals surface area contributed by atoms with Gasteiger partial charge in [-0.3, -0.25) is 4.79 Å². The topological polar surface area (TPSA) is 85.3 Å². The van der Waals surface area contributed by atoms with Gasteiger partial charge in [0.05, 0.1) is 43.9 Å². The minimum Gasteiger partial charge on any atom is -0.497 e. The molecule has 164 valence electrons. The van der Waals surface area contributed by atoms with E-state index in [9.17, 15) is 13.2 Å². The van der Waals surface area contributed by atoms with Crippen molar-refractivity contribution < 1.29 is 22.7 Å². The zero-order valence-electron chi connectivity index (χ0n) is 16.9. The highest BCUT2D eigenvalue weighted by Crippen LogP contribution is 2.45. The summed E-state index contributed by atoms with van der Waals surface area (Å²) in [7, 11) is -0.0783. The Hall–Kier alpha value is -2.23. The summed E-state index contributed by atoms with van der Waals surface area (Å²) < 4.78 is 35.4. The number of sulfone groups is 1. The molecule has 1 amide bonds. The maximum absolute atomic E-state index is 12.7. The van der Waals surface area contributed by atoms with Crippen molar-refractivity contribution in [1.82, 2.24) is 0 Å². The number of rotatable bonds is 5. The van der Waals surface area contributed by atoms with Crippen molar-refractivity contribution in [2.75, 3.05) is 30.6 Å². The Morgan fingerprint density at radius 1 is 1.16 bits per heavy atom. The zero-order valence-corrected chi connectivity index (χ0v) is 19.3. The molecular formula is C21H21ClN2O5S2. The van der Waals surface area contributed by atoms with Gasteiger partial charge in [-0.05, 0) is 29.8 Å². The van der Waals surface area contributed by atoms with Gasteiger partial charge in [0.15, 0.2) is 15.0 Å². The van der Waals surface area contributed by atoms with Crippen molar-refractivity contribution in [3.05, 3.63) is 53.1 Å². The second-order valence-corrected chi connectivity index (χ2v) is 11.1. The van der Waals surface area contributed by atoms with E-state index in [-0.39, 0.29) is 35.1 Å². The molecule has 0 radical (unpaired) electrons. The summed E-state index contributed by atoms with van der Waals surface area (Å²) in [6, 6.07) is 12.0. The van der Waals surface area contributed by atoms with Gasteiger partial charge < -0.3 is 14.4 Å². The Morgan fingerprint density at radius 3 is 2.58 bits per heavy atom. The van der Waals surface area contributed by atoms with Crippen LogP contribution >= 0.6 is 23.4 Å². The summed E-state index contributed by atoms with van der Waals surface area (Å²) in [6.07, 6.45) is 0.123. The standard InChI is InChI=1S/C21H21ClN2O5S2/c1-28-15-7-8-18(29-2)16(10-15)24-17-11-31(26,27)12-19(17)30-21(24)23-20(25)9-13-3-5-14(22)6-4-13/h3-8,10,17,19H,9,11-12H2,1-2H3/t17-,19+/m0/s1. The molecule has 0 aromatic heterocycles. The molecule has 0 aliphatic carbocycles. The number of benzene rings is 2. The summed E-state index contributed by atoms with van der Waals surface area (Å²) in [5, 5.41) is 0.859. The molecule has 0 bridgehead atoms. The molecule has 0 saturated carbocycles. The third-order valence-corrected chi connectivity index (χ3v) is 8.66. The molecular weight excluding hydrogens is 460 g/mol. The highest BCUT2D eigenvalue weighted by molar-refractivity contribution is 8.16. The Kier molecular flexibility index (Phi) is 6.18. The van der Waals surface area contributed by atoms with Crippen molar-refractivity contribution in [2.45, 2.75) is 17.7 Å². The lowest BCUT2D eigenvalue weighted by molar-refractivity contribution is -0.117. The normalized spacial score (nSPS) is 23.1. The van der Waals surface area contributed by atoms with E-state index < -0.39 is 9.84 Å². The van der Waals surface area contributed by atoms with E-state index in [0.717, 1.165) is 5.56 Å². The van der Waals surface area contributed by atoms with Crippen LogP contribution in [0.4, 0.5) is 5.69 Å². The number of anilines is 1. The van der Waals surface area contributed by atoms with Crippen LogP contribution in [-0.4, -0.2) is 56.5 Å². The van der Waals surface area contributed by atoms with Crippen LogP contribution in [0.5, 0.6) is 11.5 Å². The van der Waals surface area contributed by atoms with Gasteiger partial charge in [0.2, 0.25) is 0 Å². The van der Waals surface area contributed by atoms with Crippen LogP contribution in [0, 0.1) is 0 Å². The predicted octanol–water partition coefficient (Wildman–Crippen LogP) is 3.20. The van der Waals surface area contributed by atoms with Gasteiger partial charge >= 0.3 is 0 Å². The van der Waals surface area contributed by atoms with Crippen molar-refractivity contribution in [2.24, 2.45) is 4.99 Å². The number of nitrogens with zero attached hydrogens (tertiary/aromatic N) is 2. The van der Waals surface area contributed by atoms with Crippen LogP contribution in [0.1, 0.15) is 5.56 Å². The van der Waals surface area contributed by atoms with Gasteiger partial charge in [-0.2, -0.15) is 4.99 Å². The fourth-order valence-corrected chi connectivity index (χ4v) is 7.80. The predicted molar refractivity (Wildman–Crippen MR) is 123 cm³/mol. The number of ether oxygens (including phenoxy) is 2. The van der Waals surface area contributed by atoms with Crippen LogP contribution in [0.15, 0.2) is 47.5 Å². The number of carbonyl (C=O) groups excluding carboxylic acids is 1. The first kappa shape index (κ1) is 22.0. The highest BCUT2D eigenvalue weighted by Gasteiger charge is 2.50. The SMILES string of the molecule is COc1ccc(OC)c(N2C(=NC(=O)Cc3ccc(Cl)cc3)S[C@@H]3CS(=O)(=O)C[C@@H]32)c1. The van der Waals surface area contributed by atoms with Crippen LogP contribution in [-0.2, 0) is 21.1 Å². The number of hydrogen-bond acceptors (Lipinski definition) is 6. The molecule has 2 saturated heterocycles. The quantitative estimate of drug-likeness (QED) is 0.649. The highest BCUT2D eigenvalue weighted by atomic mass is 35.5. The molecule has 10 heteroatoms. The lowest BCUT2D eigenvalue weighted by atomic mass is 10.1. The van der Waals surface area contributed by atoms with Gasteiger partial charge in [-0.25, -0.2) is 8.42 Å². The molecule has 7 nitrogen and oxygen atoms in total. The largest absolute Gasteiger partial charge is 0.497 e. The molecule has 2 aliphatic rings. The van der Waals surface area contributed by atoms with Crippen LogP contribution in [0.2, 0.25) is 5.02 Å². The molecule has 0 N–H and O–H groups in total. The number of thioether (sulfide) groups is 1. The molecule has 4 rings (SSSR count). The van der Waals surface area contributed by atoms with Crippen LogP contribution in [0.3, 0.4) is 0 Å². The van der Waals surface area contributed by atoms with E-state index in [0.29, 0.717) is 27.4 Å². The van der Waals surface area contributed by atoms with E-state index >= 15 is 0 Å². The minimum atomic E-state index is -3.17. The number of methoxy groups -OCH3 is 2. The molecule has 2 aromatic rings. The van der Waals surface area contributed by atoms with Gasteiger partial charge in [0.25, 0.3) is 5.91 Å². The average molecular weight is 481 g/mol. The van der Waals surface area contributed by atoms with E-state index in [1.165, 1.54) is 11.8 Å². The second kappa shape index (κ2) is 8.72. The molecule has 0 unspecified atom stereocenters. The van der Waals surface area contributed by atoms with Crippen molar-refractivity contribution in [3.8, 4) is 11.5 Å². The Bertz CT molecular complexity index is 1130. The number of amides is 1. The van der Waals surface area contributed by atoms with Crippen molar-refractivity contribution in [1.29, 1.82) is 0 Å². The fraction of sp³-hybridized carbons (Fsp3) is 0.333. The van der Waals surface area contributed by atoms with Crippen LogP contribution in [0.25, 0.3) is 0 Å². The van der Waals surface area contributed by atoms with E-state index in [1.54, 1.807) is 61.6 Å². The number of fused-ring (bicyclic) bond motifs is 1. The summed E-state index contributed by atoms with van der Waals surface area (Å²) in [5.41, 5.74) is 1.42. The Labute approximate surface area is 190 Å². The first-order valence-corrected chi connectivity index (χ1v) is 12.6. The summed E-state index contributed by atoms with van der Waals surface area (Å²) in [6.45, 7) is 0. The molecule has 2 fully saturated rings. The molecule has 2 aliphatic heterocycles. The van der Waals surface area contributed by atoms with Crippen molar-refractivity contribution in [3.63, 3.8) is 0 Å². The summed E-state index contributed by atoms with van der Waals surface area (Å²) in [5.74, 6) is 0.867. The minimum absolute atomic E-state index is 0.00454. The molecule has 2 aromatic carbocycles. The van der Waals surface area contributed by atoms with Gasteiger partial charge in [-0.15, -0.1) is 0 Å². The number of hydrogen-bond donors (Lipinski definition) is 0. The third kappa shape index (κ3) is 4.68.